The maximum Gasteiger partial charge on any atom is 0.273 e. The summed E-state index contributed by atoms with van der Waals surface area (Å²) in [7, 11) is -2.38. The minimum absolute atomic E-state index is 0. The summed E-state index contributed by atoms with van der Waals surface area (Å²) in [6, 6.07) is 1.35. The number of nitrogens with one attached hydrogen (secondary N) is 2. The molecule has 9 heteroatoms. The van der Waals surface area contributed by atoms with E-state index in [1.807, 2.05) is 6.92 Å². The molecule has 21 heavy (non-hydrogen) atoms. The van der Waals surface area contributed by atoms with Gasteiger partial charge in [-0.25, -0.2) is 13.1 Å². The number of furan rings is 1. The molecule has 1 aliphatic rings. The van der Waals surface area contributed by atoms with Crippen molar-refractivity contribution in [2.45, 2.75) is 25.0 Å². The Hall–Kier alpha value is -1.09. The second-order valence-electron chi connectivity index (χ2n) is 4.79. The number of sulfonamides is 1. The highest BCUT2D eigenvalue weighted by Gasteiger charge is 2.29. The highest BCUT2D eigenvalue weighted by Crippen LogP contribution is 2.21. The topological polar surface area (TPSA) is 91.7 Å². The lowest BCUT2D eigenvalue weighted by atomic mass is 10.1. The first-order chi connectivity index (χ1) is 9.36. The molecule has 120 valence electrons. The zero-order valence-electron chi connectivity index (χ0n) is 12.2. The largest absolute Gasteiger partial charge is 0.448 e. The molecule has 1 atom stereocenters. The van der Waals surface area contributed by atoms with Gasteiger partial charge in [-0.2, -0.15) is 0 Å². The molecule has 2 N–H and O–H groups in total. The van der Waals surface area contributed by atoms with Crippen molar-refractivity contribution in [3.8, 4) is 0 Å². The van der Waals surface area contributed by atoms with Crippen molar-refractivity contribution in [1.29, 1.82) is 0 Å². The molecule has 0 bridgehead atoms. The Labute approximate surface area is 130 Å². The summed E-state index contributed by atoms with van der Waals surface area (Å²) in [6.45, 7) is 5.59. The Bertz CT molecular complexity index is 614. The standard InChI is InChI=1S/C12H19N3O4S.ClH/c1-8-7-14-4-5-15(8)12(16)10-6-11(19-9(10)2)20(17,18)13-3;/h6,8,13-14H,4-5,7H2,1-3H3;1H/t8-;/m0./s1. The van der Waals surface area contributed by atoms with Crippen molar-refractivity contribution in [2.75, 3.05) is 26.7 Å². The van der Waals surface area contributed by atoms with Crippen LogP contribution in [0.15, 0.2) is 15.6 Å². The number of piperazine rings is 1. The summed E-state index contributed by atoms with van der Waals surface area (Å²) in [5, 5.41) is 2.97. The minimum Gasteiger partial charge on any atom is -0.448 e. The van der Waals surface area contributed by atoms with Gasteiger partial charge in [-0.15, -0.1) is 12.4 Å². The van der Waals surface area contributed by atoms with Gasteiger partial charge in [0.1, 0.15) is 5.76 Å². The van der Waals surface area contributed by atoms with Gasteiger partial charge in [0, 0.05) is 31.7 Å². The van der Waals surface area contributed by atoms with E-state index in [-0.39, 0.29) is 29.4 Å². The molecule has 1 aliphatic heterocycles. The van der Waals surface area contributed by atoms with Gasteiger partial charge in [0.15, 0.2) is 0 Å². The van der Waals surface area contributed by atoms with Crippen LogP contribution in [0.25, 0.3) is 0 Å². The summed E-state index contributed by atoms with van der Waals surface area (Å²) in [5.74, 6) is 0.118. The smallest absolute Gasteiger partial charge is 0.273 e. The zero-order chi connectivity index (χ0) is 14.9. The van der Waals surface area contributed by atoms with Crippen molar-refractivity contribution in [3.63, 3.8) is 0 Å². The second-order valence-corrected chi connectivity index (χ2v) is 6.61. The number of amides is 1. The normalized spacial score (nSPS) is 19.2. The Morgan fingerprint density at radius 3 is 2.76 bits per heavy atom. The van der Waals surface area contributed by atoms with Crippen molar-refractivity contribution in [3.05, 3.63) is 17.4 Å². The van der Waals surface area contributed by atoms with E-state index in [4.69, 9.17) is 4.42 Å². The average molecular weight is 338 g/mol. The first-order valence-electron chi connectivity index (χ1n) is 6.42. The van der Waals surface area contributed by atoms with Crippen LogP contribution in [-0.2, 0) is 10.0 Å². The van der Waals surface area contributed by atoms with E-state index in [0.717, 1.165) is 13.1 Å². The molecule has 0 spiro atoms. The van der Waals surface area contributed by atoms with E-state index in [1.54, 1.807) is 11.8 Å². The quantitative estimate of drug-likeness (QED) is 0.830. The third-order valence-corrected chi connectivity index (χ3v) is 4.69. The fourth-order valence-electron chi connectivity index (χ4n) is 2.20. The van der Waals surface area contributed by atoms with E-state index >= 15 is 0 Å². The number of halogens is 1. The molecular formula is C12H20ClN3O4S. The lowest BCUT2D eigenvalue weighted by Gasteiger charge is -2.33. The van der Waals surface area contributed by atoms with Crippen molar-refractivity contribution >= 4 is 28.3 Å². The molecule has 0 radical (unpaired) electrons. The Morgan fingerprint density at radius 2 is 2.19 bits per heavy atom. The number of hydrogen-bond acceptors (Lipinski definition) is 5. The van der Waals surface area contributed by atoms with E-state index in [9.17, 15) is 13.2 Å². The van der Waals surface area contributed by atoms with Crippen LogP contribution in [-0.4, -0.2) is 51.9 Å². The van der Waals surface area contributed by atoms with Gasteiger partial charge in [-0.1, -0.05) is 0 Å². The Balaban J connectivity index is 0.00000220. The third-order valence-electron chi connectivity index (χ3n) is 3.42. The number of rotatable bonds is 3. The van der Waals surface area contributed by atoms with Gasteiger partial charge < -0.3 is 14.6 Å². The van der Waals surface area contributed by atoms with Crippen LogP contribution in [0.3, 0.4) is 0 Å². The van der Waals surface area contributed by atoms with E-state index in [0.29, 0.717) is 17.9 Å². The molecule has 0 saturated carbocycles. The molecule has 1 saturated heterocycles. The SMILES string of the molecule is CNS(=O)(=O)c1cc(C(=O)N2CCNC[C@@H]2C)c(C)o1.Cl. The van der Waals surface area contributed by atoms with Gasteiger partial charge in [0.25, 0.3) is 15.9 Å². The van der Waals surface area contributed by atoms with Gasteiger partial charge in [-0.05, 0) is 20.9 Å². The lowest BCUT2D eigenvalue weighted by molar-refractivity contribution is 0.0654. The molecule has 7 nitrogen and oxygen atoms in total. The Kier molecular flexibility index (Phi) is 5.80. The highest BCUT2D eigenvalue weighted by molar-refractivity contribution is 7.89. The summed E-state index contributed by atoms with van der Waals surface area (Å²) in [6.07, 6.45) is 0. The lowest BCUT2D eigenvalue weighted by Crippen LogP contribution is -2.52. The average Bonchev–Trinajstić information content (AvgIpc) is 2.81. The number of carbonyl (C=O) groups is 1. The van der Waals surface area contributed by atoms with Crippen LogP contribution >= 0.6 is 12.4 Å². The number of aryl methyl sites for hydroxylation is 1. The summed E-state index contributed by atoms with van der Waals surface area (Å²) >= 11 is 0. The van der Waals surface area contributed by atoms with E-state index < -0.39 is 10.0 Å². The molecule has 0 unspecified atom stereocenters. The molecule has 2 rings (SSSR count). The first kappa shape index (κ1) is 18.0. The molecule has 0 aliphatic carbocycles. The monoisotopic (exact) mass is 337 g/mol. The number of nitrogens with zero attached hydrogens (tertiary/aromatic N) is 1. The first-order valence-corrected chi connectivity index (χ1v) is 7.91. The van der Waals surface area contributed by atoms with Crippen LogP contribution in [0.1, 0.15) is 23.0 Å². The molecular weight excluding hydrogens is 318 g/mol. The van der Waals surface area contributed by atoms with Crippen molar-refractivity contribution in [1.82, 2.24) is 14.9 Å². The van der Waals surface area contributed by atoms with Crippen LogP contribution < -0.4 is 10.0 Å². The molecule has 1 aromatic rings. The van der Waals surface area contributed by atoms with Gasteiger partial charge >= 0.3 is 0 Å². The molecule has 1 fully saturated rings. The second kappa shape index (κ2) is 6.78. The highest BCUT2D eigenvalue weighted by atomic mass is 35.5. The zero-order valence-corrected chi connectivity index (χ0v) is 13.8. The number of carbonyl (C=O) groups excluding carboxylic acids is 1. The van der Waals surface area contributed by atoms with Gasteiger partial charge in [-0.3, -0.25) is 4.79 Å². The van der Waals surface area contributed by atoms with E-state index in [2.05, 4.69) is 10.0 Å². The van der Waals surface area contributed by atoms with Gasteiger partial charge in [0.2, 0.25) is 5.09 Å². The molecule has 1 aromatic heterocycles. The summed E-state index contributed by atoms with van der Waals surface area (Å²) < 4.78 is 30.8. The predicted molar refractivity (Wildman–Crippen MR) is 80.3 cm³/mol. The Morgan fingerprint density at radius 1 is 1.52 bits per heavy atom. The van der Waals surface area contributed by atoms with Gasteiger partial charge in [0.05, 0.1) is 5.56 Å². The summed E-state index contributed by atoms with van der Waals surface area (Å²) in [4.78, 5) is 14.2. The fraction of sp³-hybridized carbons (Fsp3) is 0.583. The molecule has 1 amide bonds. The van der Waals surface area contributed by atoms with Crippen LogP contribution in [0.5, 0.6) is 0 Å². The maximum absolute atomic E-state index is 12.5. The molecule has 0 aromatic carbocycles. The van der Waals surface area contributed by atoms with Crippen LogP contribution in [0.4, 0.5) is 0 Å². The predicted octanol–water partition coefficient (Wildman–Crippen LogP) is 0.352. The van der Waals surface area contributed by atoms with E-state index in [1.165, 1.54) is 13.1 Å². The van der Waals surface area contributed by atoms with Crippen LogP contribution in [0, 0.1) is 6.92 Å². The number of hydrogen-bond donors (Lipinski definition) is 2. The van der Waals surface area contributed by atoms with Crippen LogP contribution in [0.2, 0.25) is 0 Å². The maximum atomic E-state index is 12.5. The summed E-state index contributed by atoms with van der Waals surface area (Å²) in [5.41, 5.74) is 0.299. The van der Waals surface area contributed by atoms with Crippen molar-refractivity contribution < 1.29 is 17.6 Å². The minimum atomic E-state index is -3.68. The third kappa shape index (κ3) is 3.57. The fourth-order valence-corrected chi connectivity index (χ4v) is 2.91. The molecule has 2 heterocycles. The van der Waals surface area contributed by atoms with Crippen molar-refractivity contribution in [2.24, 2.45) is 0 Å².